The van der Waals surface area contributed by atoms with Gasteiger partial charge in [-0.15, -0.1) is 0 Å². The normalized spacial score (nSPS) is 10.8. The lowest BCUT2D eigenvalue weighted by atomic mass is 10.1. The molecular weight excluding hydrogens is 588 g/mol. The molecule has 0 bridgehead atoms. The predicted molar refractivity (Wildman–Crippen MR) is 148 cm³/mol. The molecule has 0 N–H and O–H groups in total. The summed E-state index contributed by atoms with van der Waals surface area (Å²) in [5.74, 6) is -2.76. The molecule has 0 aliphatic carbocycles. The van der Waals surface area contributed by atoms with Crippen LogP contribution in [0.5, 0.6) is 0 Å². The molecule has 4 rings (SSSR count). The number of non-ortho nitro benzene ring substituents is 2. The summed E-state index contributed by atoms with van der Waals surface area (Å²) < 4.78 is 11.7. The van der Waals surface area contributed by atoms with E-state index < -0.39 is 74.1 Å². The van der Waals surface area contributed by atoms with Crippen molar-refractivity contribution in [3.05, 3.63) is 149 Å². The summed E-state index contributed by atoms with van der Waals surface area (Å²) in [6, 6.07) is 19.5. The van der Waals surface area contributed by atoms with Crippen molar-refractivity contribution in [1.29, 1.82) is 0 Å². The van der Waals surface area contributed by atoms with Gasteiger partial charge in [0, 0.05) is 22.5 Å². The second kappa shape index (κ2) is 12.0. The lowest BCUT2D eigenvalue weighted by molar-refractivity contribution is -0.394. The molecule has 0 saturated heterocycles. The molecule has 0 aliphatic heterocycles. The van der Waals surface area contributed by atoms with Crippen molar-refractivity contribution in [2.24, 2.45) is 0 Å². The molecule has 0 unspecified atom stereocenters. The molecule has 216 valence electrons. The third kappa shape index (κ3) is 6.05. The van der Waals surface area contributed by atoms with Crippen molar-refractivity contribution in [2.45, 2.75) is 0 Å². The van der Waals surface area contributed by atoms with Crippen molar-refractivity contribution in [3.8, 4) is 0 Å². The van der Waals surface area contributed by atoms with E-state index in [1.54, 1.807) is 12.1 Å². The first-order chi connectivity index (χ1) is 20.4. The van der Waals surface area contributed by atoms with Gasteiger partial charge in [-0.2, -0.15) is 0 Å². The first-order valence-electron chi connectivity index (χ1n) is 11.9. The number of carbonyl (C=O) groups is 2. The van der Waals surface area contributed by atoms with E-state index >= 15 is 0 Å². The van der Waals surface area contributed by atoms with Crippen LogP contribution in [-0.2, 0) is 8.85 Å². The topological polar surface area (TPSA) is 225 Å². The molecule has 0 fully saturated rings. The van der Waals surface area contributed by atoms with Gasteiger partial charge in [0.15, 0.2) is 0 Å². The van der Waals surface area contributed by atoms with E-state index in [-0.39, 0.29) is 10.4 Å². The average molecular weight is 605 g/mol. The van der Waals surface area contributed by atoms with Gasteiger partial charge in [0.1, 0.15) is 11.1 Å². The van der Waals surface area contributed by atoms with Gasteiger partial charge in [-0.1, -0.05) is 60.7 Å². The standard InChI is InChI=1S/C26H16N4O12Si/c31-25(21-13-11-17(27(33)34)15-23(21)29(37)38)41-43(19-7-3-1-4-8-19,20-9-5-2-6-10-20)42-26(32)22-14-12-18(28(35)36)16-24(22)30(39)40/h1-16H. The number of carbonyl (C=O) groups excluding carboxylic acids is 2. The lowest BCUT2D eigenvalue weighted by Crippen LogP contribution is -2.65. The minimum Gasteiger partial charge on any atom is -0.475 e. The molecule has 16 nitrogen and oxygen atoms in total. The zero-order chi connectivity index (χ0) is 31.3. The van der Waals surface area contributed by atoms with Gasteiger partial charge in [-0.05, 0) is 12.1 Å². The SMILES string of the molecule is O=C(O[Si](OC(=O)c1ccc([N+](=O)[O-])cc1[N+](=O)[O-])(c1ccccc1)c1ccccc1)c1ccc([N+](=O)[O-])cc1[N+](=O)[O-]. The summed E-state index contributed by atoms with van der Waals surface area (Å²) in [6.07, 6.45) is 0. The number of nitro benzene ring substituents is 4. The average Bonchev–Trinajstić information content (AvgIpc) is 3.00. The highest BCUT2D eigenvalue weighted by Crippen LogP contribution is 2.29. The van der Waals surface area contributed by atoms with E-state index in [9.17, 15) is 50.0 Å². The summed E-state index contributed by atoms with van der Waals surface area (Å²) in [5, 5.41) is 46.1. The van der Waals surface area contributed by atoms with Crippen molar-refractivity contribution in [3.63, 3.8) is 0 Å². The van der Waals surface area contributed by atoms with Crippen LogP contribution < -0.4 is 10.4 Å². The fourth-order valence-electron chi connectivity index (χ4n) is 4.02. The van der Waals surface area contributed by atoms with Gasteiger partial charge in [-0.25, -0.2) is 9.59 Å². The van der Waals surface area contributed by atoms with Crippen molar-refractivity contribution in [1.82, 2.24) is 0 Å². The monoisotopic (exact) mass is 604 g/mol. The van der Waals surface area contributed by atoms with Crippen LogP contribution in [0, 0.1) is 40.5 Å². The van der Waals surface area contributed by atoms with Crippen LogP contribution in [0.15, 0.2) is 97.1 Å². The highest BCUT2D eigenvalue weighted by molar-refractivity contribution is 6.94. The number of rotatable bonds is 10. The second-order valence-electron chi connectivity index (χ2n) is 8.56. The number of hydrogen-bond donors (Lipinski definition) is 0. The number of nitro groups is 4. The quantitative estimate of drug-likeness (QED) is 0.144. The summed E-state index contributed by atoms with van der Waals surface area (Å²) in [4.78, 5) is 69.2. The van der Waals surface area contributed by atoms with Crippen LogP contribution in [-0.4, -0.2) is 40.2 Å². The molecule has 0 atom stereocenters. The van der Waals surface area contributed by atoms with Crippen LogP contribution in [0.2, 0.25) is 0 Å². The highest BCUT2D eigenvalue weighted by atomic mass is 28.4. The van der Waals surface area contributed by atoms with E-state index in [2.05, 4.69) is 0 Å². The Labute approximate surface area is 240 Å². The lowest BCUT2D eigenvalue weighted by Gasteiger charge is -2.30. The number of benzene rings is 4. The Kier molecular flexibility index (Phi) is 8.28. The summed E-state index contributed by atoms with van der Waals surface area (Å²) >= 11 is 0. The molecule has 0 amide bonds. The van der Waals surface area contributed by atoms with E-state index in [1.165, 1.54) is 48.5 Å². The Bertz CT molecular complexity index is 1650. The zero-order valence-corrected chi connectivity index (χ0v) is 22.4. The molecule has 0 aliphatic rings. The maximum Gasteiger partial charge on any atom is 0.535 e. The third-order valence-electron chi connectivity index (χ3n) is 6.00. The Morgan fingerprint density at radius 1 is 0.512 bits per heavy atom. The van der Waals surface area contributed by atoms with Crippen LogP contribution in [0.4, 0.5) is 22.7 Å². The first kappa shape index (κ1) is 29.6. The Balaban J connectivity index is 1.91. The Hall–Kier alpha value is -6.36. The largest absolute Gasteiger partial charge is 0.535 e. The van der Waals surface area contributed by atoms with Gasteiger partial charge in [0.05, 0.1) is 31.8 Å². The van der Waals surface area contributed by atoms with Gasteiger partial charge in [-0.3, -0.25) is 40.5 Å². The Morgan fingerprint density at radius 2 is 0.860 bits per heavy atom. The number of hydrogen-bond acceptors (Lipinski definition) is 12. The van der Waals surface area contributed by atoms with Crippen molar-refractivity contribution < 1.29 is 38.1 Å². The van der Waals surface area contributed by atoms with E-state index in [0.29, 0.717) is 12.1 Å². The molecule has 4 aromatic carbocycles. The molecular formula is C26H16N4O12Si. The van der Waals surface area contributed by atoms with Gasteiger partial charge in [0.25, 0.3) is 22.7 Å². The van der Waals surface area contributed by atoms with Crippen LogP contribution >= 0.6 is 0 Å². The fourth-order valence-corrected chi connectivity index (χ4v) is 6.87. The molecule has 17 heteroatoms. The van der Waals surface area contributed by atoms with Gasteiger partial charge in [0.2, 0.25) is 0 Å². The van der Waals surface area contributed by atoms with Gasteiger partial charge >= 0.3 is 20.5 Å². The second-order valence-corrected chi connectivity index (χ2v) is 11.4. The molecule has 0 saturated carbocycles. The predicted octanol–water partition coefficient (Wildman–Crippen LogP) is 3.59. The Morgan fingerprint density at radius 3 is 1.16 bits per heavy atom. The molecule has 0 aromatic heterocycles. The van der Waals surface area contributed by atoms with Crippen molar-refractivity contribution >= 4 is 53.6 Å². The number of nitrogens with zero attached hydrogens (tertiary/aromatic N) is 4. The zero-order valence-electron chi connectivity index (χ0n) is 21.4. The fraction of sp³-hybridized carbons (Fsp3) is 0. The van der Waals surface area contributed by atoms with E-state index in [4.69, 9.17) is 8.85 Å². The molecule has 0 heterocycles. The molecule has 0 radical (unpaired) electrons. The smallest absolute Gasteiger partial charge is 0.475 e. The van der Waals surface area contributed by atoms with Gasteiger partial charge < -0.3 is 8.85 Å². The third-order valence-corrected chi connectivity index (χ3v) is 9.13. The van der Waals surface area contributed by atoms with Crippen LogP contribution in [0.3, 0.4) is 0 Å². The molecule has 43 heavy (non-hydrogen) atoms. The van der Waals surface area contributed by atoms with Crippen LogP contribution in [0.25, 0.3) is 0 Å². The summed E-state index contributed by atoms with van der Waals surface area (Å²) in [5.41, 5.74) is -4.65. The summed E-state index contributed by atoms with van der Waals surface area (Å²) in [7, 11) is -4.64. The summed E-state index contributed by atoms with van der Waals surface area (Å²) in [6.45, 7) is 0. The maximum absolute atomic E-state index is 13.6. The maximum atomic E-state index is 13.6. The minimum absolute atomic E-state index is 0.122. The molecule has 4 aromatic rings. The van der Waals surface area contributed by atoms with Crippen molar-refractivity contribution in [2.75, 3.05) is 0 Å². The first-order valence-corrected chi connectivity index (χ1v) is 13.7. The molecule has 0 spiro atoms. The highest BCUT2D eigenvalue weighted by Gasteiger charge is 2.51. The van der Waals surface area contributed by atoms with E-state index in [1.807, 2.05) is 0 Å². The van der Waals surface area contributed by atoms with E-state index in [0.717, 1.165) is 24.3 Å². The van der Waals surface area contributed by atoms with Crippen LogP contribution in [0.1, 0.15) is 20.7 Å². The minimum atomic E-state index is -4.64.